The average molecular weight is 287 g/mol. The van der Waals surface area contributed by atoms with Crippen LogP contribution in [0, 0.1) is 0 Å². The summed E-state index contributed by atoms with van der Waals surface area (Å²) in [6, 6.07) is 8.42. The van der Waals surface area contributed by atoms with Crippen molar-refractivity contribution in [3.8, 4) is 0 Å². The molecule has 1 aliphatic heterocycles. The summed E-state index contributed by atoms with van der Waals surface area (Å²) < 4.78 is 0. The summed E-state index contributed by atoms with van der Waals surface area (Å²) in [4.78, 5) is 16.5. The van der Waals surface area contributed by atoms with Gasteiger partial charge in [0.2, 0.25) is 5.91 Å². The number of nitrogens with zero attached hydrogens (tertiary/aromatic N) is 2. The van der Waals surface area contributed by atoms with Crippen LogP contribution in [0.15, 0.2) is 24.3 Å². The quantitative estimate of drug-likeness (QED) is 0.923. The molecule has 4 heteroatoms. The Hall–Kier alpha value is -1.55. The molecule has 0 unspecified atom stereocenters. The number of rotatable bonds is 3. The molecule has 2 fully saturated rings. The molecule has 0 aromatic heterocycles. The molecule has 1 N–H and O–H groups in total. The molecule has 4 nitrogen and oxygen atoms in total. The average Bonchev–Trinajstić information content (AvgIpc) is 3.02. The Morgan fingerprint density at radius 1 is 1.24 bits per heavy atom. The summed E-state index contributed by atoms with van der Waals surface area (Å²) in [6.45, 7) is 0. The van der Waals surface area contributed by atoms with Gasteiger partial charge < -0.3 is 9.80 Å². The minimum absolute atomic E-state index is 0.0642. The molecule has 114 valence electrons. The van der Waals surface area contributed by atoms with Crippen LogP contribution in [0.2, 0.25) is 0 Å². The molecule has 1 heterocycles. The van der Waals surface area contributed by atoms with E-state index in [0.29, 0.717) is 0 Å². The standard InChI is InChI=1S/C17H25N3O/c1-19(2)14-8-6-13(7-9-14)12-15-16(21)20(3)17(18-15)10-4-5-11-17/h6-9,15,18H,4-5,10-12H2,1-3H3/t15-/m0/s1. The zero-order chi connectivity index (χ0) is 15.0. The SMILES string of the molecule is CN(C)c1ccc(C[C@@H]2NC3(CCCC3)N(C)C2=O)cc1. The molecule has 3 rings (SSSR count). The van der Waals surface area contributed by atoms with Crippen molar-refractivity contribution in [2.75, 3.05) is 26.0 Å². The van der Waals surface area contributed by atoms with Gasteiger partial charge in [0.25, 0.3) is 0 Å². The molecule has 2 aliphatic rings. The van der Waals surface area contributed by atoms with Gasteiger partial charge in [-0.2, -0.15) is 0 Å². The van der Waals surface area contributed by atoms with E-state index >= 15 is 0 Å². The lowest BCUT2D eigenvalue weighted by molar-refractivity contribution is -0.130. The fraction of sp³-hybridized carbons (Fsp3) is 0.588. The van der Waals surface area contributed by atoms with Crippen molar-refractivity contribution in [2.45, 2.75) is 43.8 Å². The first kappa shape index (κ1) is 14.4. The normalized spacial score (nSPS) is 24.0. The molecule has 0 radical (unpaired) electrons. The number of carbonyl (C=O) groups excluding carboxylic acids is 1. The Labute approximate surface area is 127 Å². The van der Waals surface area contributed by atoms with Crippen molar-refractivity contribution < 1.29 is 4.79 Å². The monoisotopic (exact) mass is 287 g/mol. The van der Waals surface area contributed by atoms with Crippen molar-refractivity contribution in [1.82, 2.24) is 10.2 Å². The minimum Gasteiger partial charge on any atom is -0.378 e. The molecular weight excluding hydrogens is 262 g/mol. The summed E-state index contributed by atoms with van der Waals surface area (Å²) in [5.74, 6) is 0.244. The van der Waals surface area contributed by atoms with Crippen molar-refractivity contribution >= 4 is 11.6 Å². The van der Waals surface area contributed by atoms with Crippen molar-refractivity contribution in [3.63, 3.8) is 0 Å². The maximum Gasteiger partial charge on any atom is 0.241 e. The predicted molar refractivity (Wildman–Crippen MR) is 85.4 cm³/mol. The third kappa shape index (κ3) is 2.53. The molecule has 1 aromatic carbocycles. The zero-order valence-corrected chi connectivity index (χ0v) is 13.2. The van der Waals surface area contributed by atoms with E-state index in [1.165, 1.54) is 24.1 Å². The van der Waals surface area contributed by atoms with E-state index in [-0.39, 0.29) is 17.6 Å². The lowest BCUT2D eigenvalue weighted by Gasteiger charge is -2.31. The molecule has 1 saturated carbocycles. The van der Waals surface area contributed by atoms with Gasteiger partial charge in [-0.15, -0.1) is 0 Å². The second-order valence-electron chi connectivity index (χ2n) is 6.60. The first-order chi connectivity index (χ1) is 10.0. The number of anilines is 1. The molecular formula is C17H25N3O. The van der Waals surface area contributed by atoms with Crippen LogP contribution in [0.5, 0.6) is 0 Å². The van der Waals surface area contributed by atoms with Gasteiger partial charge in [0, 0.05) is 26.8 Å². The van der Waals surface area contributed by atoms with E-state index < -0.39 is 0 Å². The summed E-state index contributed by atoms with van der Waals surface area (Å²) in [6.07, 6.45) is 5.39. The number of hydrogen-bond donors (Lipinski definition) is 1. The topological polar surface area (TPSA) is 35.6 Å². The van der Waals surface area contributed by atoms with Gasteiger partial charge in [0.1, 0.15) is 0 Å². The first-order valence-electron chi connectivity index (χ1n) is 7.83. The van der Waals surface area contributed by atoms with Gasteiger partial charge in [-0.25, -0.2) is 0 Å². The van der Waals surface area contributed by atoms with Gasteiger partial charge in [-0.1, -0.05) is 12.1 Å². The van der Waals surface area contributed by atoms with Gasteiger partial charge in [0.15, 0.2) is 0 Å². The summed E-state index contributed by atoms with van der Waals surface area (Å²) in [5, 5.41) is 3.62. The Bertz CT molecular complexity index is 517. The first-order valence-corrected chi connectivity index (χ1v) is 7.83. The Kier molecular flexibility index (Phi) is 3.66. The molecule has 1 aliphatic carbocycles. The smallest absolute Gasteiger partial charge is 0.241 e. The number of hydrogen-bond acceptors (Lipinski definition) is 3. The highest BCUT2D eigenvalue weighted by Gasteiger charge is 2.49. The largest absolute Gasteiger partial charge is 0.378 e. The number of benzene rings is 1. The number of amides is 1. The minimum atomic E-state index is -0.0710. The van der Waals surface area contributed by atoms with Crippen LogP contribution in [0.25, 0.3) is 0 Å². The number of nitrogens with one attached hydrogen (secondary N) is 1. The number of carbonyl (C=O) groups is 1. The van der Waals surface area contributed by atoms with E-state index in [0.717, 1.165) is 19.3 Å². The van der Waals surface area contributed by atoms with Gasteiger partial charge >= 0.3 is 0 Å². The zero-order valence-electron chi connectivity index (χ0n) is 13.2. The van der Waals surface area contributed by atoms with Crippen LogP contribution in [0.3, 0.4) is 0 Å². The third-order valence-electron chi connectivity index (χ3n) is 5.04. The molecule has 1 amide bonds. The van der Waals surface area contributed by atoms with E-state index in [4.69, 9.17) is 0 Å². The highest BCUT2D eigenvalue weighted by Crippen LogP contribution is 2.37. The lowest BCUT2D eigenvalue weighted by atomic mass is 10.0. The van der Waals surface area contributed by atoms with E-state index in [1.807, 2.05) is 26.0 Å². The second kappa shape index (κ2) is 5.34. The van der Waals surface area contributed by atoms with Crippen LogP contribution >= 0.6 is 0 Å². The number of likely N-dealkylation sites (N-methyl/N-ethyl adjacent to an activating group) is 1. The molecule has 0 bridgehead atoms. The van der Waals surface area contributed by atoms with Gasteiger partial charge in [-0.3, -0.25) is 10.1 Å². The Morgan fingerprint density at radius 3 is 2.43 bits per heavy atom. The maximum atomic E-state index is 12.5. The third-order valence-corrected chi connectivity index (χ3v) is 5.04. The van der Waals surface area contributed by atoms with Gasteiger partial charge in [-0.05, 0) is 49.8 Å². The molecule has 21 heavy (non-hydrogen) atoms. The molecule has 1 spiro atoms. The second-order valence-corrected chi connectivity index (χ2v) is 6.60. The summed E-state index contributed by atoms with van der Waals surface area (Å²) in [5.41, 5.74) is 2.34. The highest BCUT2D eigenvalue weighted by molar-refractivity contribution is 5.85. The van der Waals surface area contributed by atoms with Crippen molar-refractivity contribution in [2.24, 2.45) is 0 Å². The predicted octanol–water partition coefficient (Wildman–Crippen LogP) is 2.00. The van der Waals surface area contributed by atoms with Gasteiger partial charge in [0.05, 0.1) is 11.7 Å². The van der Waals surface area contributed by atoms with Crippen LogP contribution in [0.1, 0.15) is 31.2 Å². The molecule has 1 atom stereocenters. The Balaban J connectivity index is 1.72. The van der Waals surface area contributed by atoms with E-state index in [9.17, 15) is 4.79 Å². The van der Waals surface area contributed by atoms with Crippen LogP contribution in [-0.4, -0.2) is 43.7 Å². The lowest BCUT2D eigenvalue weighted by Crippen LogP contribution is -2.48. The molecule has 1 saturated heterocycles. The van der Waals surface area contributed by atoms with Crippen LogP contribution in [-0.2, 0) is 11.2 Å². The van der Waals surface area contributed by atoms with Crippen molar-refractivity contribution in [3.05, 3.63) is 29.8 Å². The van der Waals surface area contributed by atoms with Crippen LogP contribution < -0.4 is 10.2 Å². The van der Waals surface area contributed by atoms with E-state index in [2.05, 4.69) is 34.5 Å². The fourth-order valence-electron chi connectivity index (χ4n) is 3.67. The van der Waals surface area contributed by atoms with Crippen molar-refractivity contribution in [1.29, 1.82) is 0 Å². The molecule has 1 aromatic rings. The summed E-state index contributed by atoms with van der Waals surface area (Å²) >= 11 is 0. The Morgan fingerprint density at radius 2 is 1.86 bits per heavy atom. The van der Waals surface area contributed by atoms with E-state index in [1.54, 1.807) is 0 Å². The maximum absolute atomic E-state index is 12.5. The summed E-state index contributed by atoms with van der Waals surface area (Å²) in [7, 11) is 6.03. The fourth-order valence-corrected chi connectivity index (χ4v) is 3.67. The van der Waals surface area contributed by atoms with Crippen LogP contribution in [0.4, 0.5) is 5.69 Å². The highest BCUT2D eigenvalue weighted by atomic mass is 16.2.